The third kappa shape index (κ3) is 2.64. The number of nitrogens with two attached hydrogens (primary N) is 1. The summed E-state index contributed by atoms with van der Waals surface area (Å²) >= 11 is 5.97. The Hall–Kier alpha value is -3.12. The molecule has 0 aliphatic rings. The van der Waals surface area contributed by atoms with Gasteiger partial charge in [-0.3, -0.25) is 0 Å². The van der Waals surface area contributed by atoms with Gasteiger partial charge in [0.25, 0.3) is 0 Å². The van der Waals surface area contributed by atoms with E-state index in [0.29, 0.717) is 28.0 Å². The highest BCUT2D eigenvalue weighted by Crippen LogP contribution is 2.42. The van der Waals surface area contributed by atoms with E-state index >= 15 is 0 Å². The number of aromatic nitrogens is 2. The van der Waals surface area contributed by atoms with Crippen LogP contribution in [0.25, 0.3) is 33.6 Å². The fourth-order valence-electron chi connectivity index (χ4n) is 2.83. The highest BCUT2D eigenvalue weighted by Gasteiger charge is 2.21. The predicted octanol–water partition coefficient (Wildman–Crippen LogP) is 4.94. The summed E-state index contributed by atoms with van der Waals surface area (Å²) in [5, 5.41) is 0.564. The molecule has 26 heavy (non-hydrogen) atoms. The van der Waals surface area contributed by atoms with Crippen molar-refractivity contribution in [3.05, 3.63) is 59.6 Å². The highest BCUT2D eigenvalue weighted by atomic mass is 35.5. The summed E-state index contributed by atoms with van der Waals surface area (Å²) in [7, 11) is 1.60. The van der Waals surface area contributed by atoms with E-state index in [2.05, 4.69) is 9.97 Å². The van der Waals surface area contributed by atoms with Crippen molar-refractivity contribution in [3.8, 4) is 28.2 Å². The smallest absolute Gasteiger partial charge is 0.232 e. The van der Waals surface area contributed by atoms with E-state index in [1.54, 1.807) is 13.2 Å². The number of halogens is 2. The zero-order valence-electron chi connectivity index (χ0n) is 13.7. The number of furan rings is 1. The van der Waals surface area contributed by atoms with Crippen LogP contribution in [0.1, 0.15) is 0 Å². The molecule has 4 rings (SSSR count). The van der Waals surface area contributed by atoms with Gasteiger partial charge in [-0.05, 0) is 42.0 Å². The van der Waals surface area contributed by atoms with E-state index in [1.165, 1.54) is 18.5 Å². The first-order valence-electron chi connectivity index (χ1n) is 7.71. The van der Waals surface area contributed by atoms with Gasteiger partial charge in [0.15, 0.2) is 0 Å². The molecule has 0 bridgehead atoms. The van der Waals surface area contributed by atoms with E-state index in [-0.39, 0.29) is 10.8 Å². The maximum Gasteiger partial charge on any atom is 0.232 e. The van der Waals surface area contributed by atoms with E-state index in [9.17, 15) is 4.39 Å². The lowest BCUT2D eigenvalue weighted by Crippen LogP contribution is -1.92. The average Bonchev–Trinajstić information content (AvgIpc) is 3.05. The molecule has 4 aromatic rings. The lowest BCUT2D eigenvalue weighted by atomic mass is 9.99. The average molecular weight is 370 g/mol. The molecule has 0 spiro atoms. The fraction of sp³-hybridized carbons (Fsp3) is 0.0526. The summed E-state index contributed by atoms with van der Waals surface area (Å²) in [4.78, 5) is 8.21. The molecular formula is C19H13ClFN3O2. The summed E-state index contributed by atoms with van der Waals surface area (Å²) in [6, 6.07) is 11.8. The summed E-state index contributed by atoms with van der Waals surface area (Å²) < 4.78 is 24.8. The monoisotopic (exact) mass is 369 g/mol. The maximum absolute atomic E-state index is 13.6. The van der Waals surface area contributed by atoms with Crippen LogP contribution in [-0.2, 0) is 0 Å². The van der Waals surface area contributed by atoms with Gasteiger partial charge in [0.1, 0.15) is 29.5 Å². The molecule has 0 fully saturated rings. The number of nitrogens with zero attached hydrogens (tertiary/aromatic N) is 2. The number of anilines is 1. The number of benzene rings is 2. The zero-order chi connectivity index (χ0) is 18.3. The Morgan fingerprint density at radius 3 is 2.50 bits per heavy atom. The number of rotatable bonds is 3. The molecule has 0 radical (unpaired) electrons. The van der Waals surface area contributed by atoms with Gasteiger partial charge >= 0.3 is 0 Å². The first-order chi connectivity index (χ1) is 12.6. The summed E-state index contributed by atoms with van der Waals surface area (Å²) in [5.74, 6) is 1.03. The van der Waals surface area contributed by atoms with Crippen molar-refractivity contribution in [2.45, 2.75) is 0 Å². The van der Waals surface area contributed by atoms with Gasteiger partial charge in [-0.2, -0.15) is 0 Å². The number of nitrogen functional groups attached to an aromatic ring is 1. The molecular weight excluding hydrogens is 357 g/mol. The van der Waals surface area contributed by atoms with Crippen LogP contribution in [0.4, 0.5) is 10.2 Å². The number of hydrogen-bond acceptors (Lipinski definition) is 5. The second-order valence-electron chi connectivity index (χ2n) is 5.60. The Morgan fingerprint density at radius 1 is 1.08 bits per heavy atom. The molecule has 2 heterocycles. The van der Waals surface area contributed by atoms with Crippen LogP contribution in [0, 0.1) is 5.82 Å². The van der Waals surface area contributed by atoms with Gasteiger partial charge in [0, 0.05) is 11.1 Å². The van der Waals surface area contributed by atoms with E-state index < -0.39 is 5.82 Å². The molecule has 0 unspecified atom stereocenters. The van der Waals surface area contributed by atoms with Gasteiger partial charge < -0.3 is 14.9 Å². The lowest BCUT2D eigenvalue weighted by Gasteiger charge is -2.06. The van der Waals surface area contributed by atoms with Crippen LogP contribution in [0.3, 0.4) is 0 Å². The van der Waals surface area contributed by atoms with Gasteiger partial charge in [-0.1, -0.05) is 17.7 Å². The topological polar surface area (TPSA) is 74.2 Å². The van der Waals surface area contributed by atoms with Crippen molar-refractivity contribution in [2.75, 3.05) is 12.8 Å². The van der Waals surface area contributed by atoms with E-state index in [0.717, 1.165) is 11.3 Å². The Kier molecular flexibility index (Phi) is 3.97. The minimum Gasteiger partial charge on any atom is -0.497 e. The normalized spacial score (nSPS) is 11.0. The largest absolute Gasteiger partial charge is 0.497 e. The van der Waals surface area contributed by atoms with Crippen molar-refractivity contribution in [1.82, 2.24) is 9.97 Å². The maximum atomic E-state index is 13.6. The highest BCUT2D eigenvalue weighted by molar-refractivity contribution is 6.31. The van der Waals surface area contributed by atoms with Crippen LogP contribution in [0.2, 0.25) is 5.02 Å². The second-order valence-corrected chi connectivity index (χ2v) is 6.01. The van der Waals surface area contributed by atoms with Crippen LogP contribution in [0.5, 0.6) is 5.75 Å². The van der Waals surface area contributed by atoms with Crippen molar-refractivity contribution < 1.29 is 13.5 Å². The van der Waals surface area contributed by atoms with Gasteiger partial charge in [0.05, 0.1) is 17.5 Å². The standard InChI is InChI=1S/C19H13ClFN3O2/c1-25-12-5-2-10(3-6-12)17-15(11-4-7-14(21)13(20)8-11)16-18(22)23-9-24-19(16)26-17/h2-9H,1H3,(H2,22,23,24). The number of fused-ring (bicyclic) bond motifs is 1. The second kappa shape index (κ2) is 6.31. The Balaban J connectivity index is 2.03. The molecule has 5 nitrogen and oxygen atoms in total. The molecule has 0 atom stereocenters. The van der Waals surface area contributed by atoms with Crippen LogP contribution in [0.15, 0.2) is 53.2 Å². The molecule has 130 valence electrons. The van der Waals surface area contributed by atoms with Gasteiger partial charge in [-0.25, -0.2) is 14.4 Å². The first kappa shape index (κ1) is 16.4. The van der Waals surface area contributed by atoms with Crippen molar-refractivity contribution in [2.24, 2.45) is 0 Å². The quantitative estimate of drug-likeness (QED) is 0.553. The molecule has 7 heteroatoms. The lowest BCUT2D eigenvalue weighted by molar-refractivity contribution is 0.415. The third-order valence-corrected chi connectivity index (χ3v) is 4.37. The zero-order valence-corrected chi connectivity index (χ0v) is 14.4. The van der Waals surface area contributed by atoms with Gasteiger partial charge in [-0.15, -0.1) is 0 Å². The predicted molar refractivity (Wildman–Crippen MR) is 98.6 cm³/mol. The molecule has 0 aliphatic heterocycles. The molecule has 0 aliphatic carbocycles. The SMILES string of the molecule is COc1ccc(-c2oc3ncnc(N)c3c2-c2ccc(F)c(Cl)c2)cc1. The Labute approximate surface area is 153 Å². The van der Waals surface area contributed by atoms with Crippen molar-refractivity contribution in [3.63, 3.8) is 0 Å². The van der Waals surface area contributed by atoms with Crippen molar-refractivity contribution >= 4 is 28.5 Å². The number of hydrogen-bond donors (Lipinski definition) is 1. The molecule has 0 amide bonds. The fourth-order valence-corrected chi connectivity index (χ4v) is 3.01. The number of methoxy groups -OCH3 is 1. The third-order valence-electron chi connectivity index (χ3n) is 4.08. The summed E-state index contributed by atoms with van der Waals surface area (Å²) in [6.45, 7) is 0. The molecule has 2 N–H and O–H groups in total. The summed E-state index contributed by atoms with van der Waals surface area (Å²) in [5.41, 5.74) is 8.51. The first-order valence-corrected chi connectivity index (χ1v) is 8.09. The summed E-state index contributed by atoms with van der Waals surface area (Å²) in [6.07, 6.45) is 1.33. The van der Waals surface area contributed by atoms with Crippen molar-refractivity contribution in [1.29, 1.82) is 0 Å². The molecule has 2 aromatic carbocycles. The number of ether oxygens (including phenoxy) is 1. The van der Waals surface area contributed by atoms with E-state index in [1.807, 2.05) is 24.3 Å². The van der Waals surface area contributed by atoms with Gasteiger partial charge in [0.2, 0.25) is 5.71 Å². The Bertz CT molecular complexity index is 1110. The van der Waals surface area contributed by atoms with Crippen LogP contribution >= 0.6 is 11.6 Å². The van der Waals surface area contributed by atoms with Crippen LogP contribution in [-0.4, -0.2) is 17.1 Å². The molecule has 0 saturated heterocycles. The van der Waals surface area contributed by atoms with Crippen LogP contribution < -0.4 is 10.5 Å². The minimum absolute atomic E-state index is 0.00736. The van der Waals surface area contributed by atoms with E-state index in [4.69, 9.17) is 26.5 Å². The molecule has 0 saturated carbocycles. The minimum atomic E-state index is -0.501. The molecule has 2 aromatic heterocycles. The Morgan fingerprint density at radius 2 is 1.81 bits per heavy atom.